The monoisotopic (exact) mass is 374 g/mol. The van der Waals surface area contributed by atoms with E-state index in [4.69, 9.17) is 4.74 Å². The molecule has 0 aliphatic carbocycles. The highest BCUT2D eigenvalue weighted by atomic mass is 16.5. The Morgan fingerprint density at radius 3 is 2.46 bits per heavy atom. The number of amides is 1. The molecule has 0 aromatic heterocycles. The summed E-state index contributed by atoms with van der Waals surface area (Å²) in [5.41, 5.74) is 3.08. The average molecular weight is 374 g/mol. The van der Waals surface area contributed by atoms with Gasteiger partial charge in [0.15, 0.2) is 0 Å². The van der Waals surface area contributed by atoms with Crippen LogP contribution in [-0.2, 0) is 16.0 Å². The Labute approximate surface area is 166 Å². The SMILES string of the molecule is COC1CCN(c2ccc(NC(=O)Cc3cccc4ccccc34)cc2)CC1. The lowest BCUT2D eigenvalue weighted by atomic mass is 10.0. The molecule has 0 atom stereocenters. The van der Waals surface area contributed by atoms with Crippen molar-refractivity contribution in [2.75, 3.05) is 30.4 Å². The molecular weight excluding hydrogens is 348 g/mol. The van der Waals surface area contributed by atoms with Gasteiger partial charge in [0.25, 0.3) is 0 Å². The van der Waals surface area contributed by atoms with Crippen molar-refractivity contribution in [2.24, 2.45) is 0 Å². The van der Waals surface area contributed by atoms with Crippen LogP contribution in [-0.4, -0.2) is 32.2 Å². The number of nitrogens with zero attached hydrogens (tertiary/aromatic N) is 1. The molecule has 1 aliphatic heterocycles. The van der Waals surface area contributed by atoms with Gasteiger partial charge in [-0.25, -0.2) is 0 Å². The molecule has 1 N–H and O–H groups in total. The van der Waals surface area contributed by atoms with Crippen LogP contribution in [0.5, 0.6) is 0 Å². The molecule has 144 valence electrons. The van der Waals surface area contributed by atoms with Crippen molar-refractivity contribution in [3.63, 3.8) is 0 Å². The maximum absolute atomic E-state index is 12.5. The third kappa shape index (κ3) is 4.18. The first-order valence-corrected chi connectivity index (χ1v) is 9.87. The molecule has 3 aromatic carbocycles. The van der Waals surface area contributed by atoms with Crippen LogP contribution in [0.1, 0.15) is 18.4 Å². The van der Waals surface area contributed by atoms with Crippen LogP contribution in [0.25, 0.3) is 10.8 Å². The normalized spacial score (nSPS) is 15.0. The number of carbonyl (C=O) groups is 1. The molecule has 4 heteroatoms. The molecule has 0 radical (unpaired) electrons. The maximum Gasteiger partial charge on any atom is 0.228 e. The number of hydrogen-bond donors (Lipinski definition) is 1. The van der Waals surface area contributed by atoms with E-state index in [0.717, 1.165) is 48.0 Å². The summed E-state index contributed by atoms with van der Waals surface area (Å²) in [5.74, 6) is 0.00464. The number of piperidine rings is 1. The first-order valence-electron chi connectivity index (χ1n) is 9.87. The molecule has 0 spiro atoms. The number of benzene rings is 3. The van der Waals surface area contributed by atoms with E-state index < -0.39 is 0 Å². The van der Waals surface area contributed by atoms with E-state index in [2.05, 4.69) is 40.5 Å². The Kier molecular flexibility index (Phi) is 5.58. The molecule has 0 unspecified atom stereocenters. The molecule has 1 aliphatic rings. The molecule has 1 amide bonds. The van der Waals surface area contributed by atoms with Crippen molar-refractivity contribution in [1.82, 2.24) is 0 Å². The quantitative estimate of drug-likeness (QED) is 0.708. The Morgan fingerprint density at radius 2 is 1.71 bits per heavy atom. The highest BCUT2D eigenvalue weighted by Gasteiger charge is 2.18. The lowest BCUT2D eigenvalue weighted by molar-refractivity contribution is -0.115. The van der Waals surface area contributed by atoms with Crippen LogP contribution in [0.15, 0.2) is 66.7 Å². The molecule has 1 heterocycles. The summed E-state index contributed by atoms with van der Waals surface area (Å²) in [6.45, 7) is 2.01. The van der Waals surface area contributed by atoms with E-state index in [0.29, 0.717) is 12.5 Å². The minimum atomic E-state index is 0.00464. The third-order valence-electron chi connectivity index (χ3n) is 5.52. The van der Waals surface area contributed by atoms with Gasteiger partial charge in [-0.2, -0.15) is 0 Å². The molecule has 0 saturated carbocycles. The fraction of sp³-hybridized carbons (Fsp3) is 0.292. The van der Waals surface area contributed by atoms with Gasteiger partial charge in [-0.1, -0.05) is 42.5 Å². The van der Waals surface area contributed by atoms with E-state index >= 15 is 0 Å². The summed E-state index contributed by atoms with van der Waals surface area (Å²) in [7, 11) is 1.79. The van der Waals surface area contributed by atoms with E-state index in [1.54, 1.807) is 7.11 Å². The van der Waals surface area contributed by atoms with Gasteiger partial charge in [0.1, 0.15) is 0 Å². The lowest BCUT2D eigenvalue weighted by Gasteiger charge is -2.33. The summed E-state index contributed by atoms with van der Waals surface area (Å²) in [5, 5.41) is 5.32. The van der Waals surface area contributed by atoms with Crippen molar-refractivity contribution < 1.29 is 9.53 Å². The van der Waals surface area contributed by atoms with Crippen LogP contribution in [0.4, 0.5) is 11.4 Å². The smallest absolute Gasteiger partial charge is 0.228 e. The standard InChI is InChI=1S/C24H26N2O2/c1-28-22-13-15-26(16-14-22)21-11-9-20(10-12-21)25-24(27)17-19-7-4-6-18-5-2-3-8-23(18)19/h2-12,22H,13-17H2,1H3,(H,25,27). The molecular formula is C24H26N2O2. The fourth-order valence-corrected chi connectivity index (χ4v) is 3.93. The van der Waals surface area contributed by atoms with Crippen molar-refractivity contribution in [2.45, 2.75) is 25.4 Å². The van der Waals surface area contributed by atoms with Gasteiger partial charge in [0.05, 0.1) is 12.5 Å². The largest absolute Gasteiger partial charge is 0.381 e. The van der Waals surface area contributed by atoms with Gasteiger partial charge < -0.3 is 15.0 Å². The highest BCUT2D eigenvalue weighted by Crippen LogP contribution is 2.23. The second-order valence-corrected chi connectivity index (χ2v) is 7.33. The predicted molar refractivity (Wildman–Crippen MR) is 115 cm³/mol. The topological polar surface area (TPSA) is 41.6 Å². The Hall–Kier alpha value is -2.85. The fourth-order valence-electron chi connectivity index (χ4n) is 3.93. The number of anilines is 2. The maximum atomic E-state index is 12.5. The van der Waals surface area contributed by atoms with Crippen molar-refractivity contribution in [3.8, 4) is 0 Å². The van der Waals surface area contributed by atoms with E-state index in [1.165, 1.54) is 5.69 Å². The van der Waals surface area contributed by atoms with Gasteiger partial charge in [-0.05, 0) is 53.4 Å². The molecule has 4 rings (SSSR count). The zero-order valence-corrected chi connectivity index (χ0v) is 16.2. The first-order chi connectivity index (χ1) is 13.7. The van der Waals surface area contributed by atoms with E-state index in [-0.39, 0.29) is 5.91 Å². The Morgan fingerprint density at radius 1 is 1.00 bits per heavy atom. The number of methoxy groups -OCH3 is 1. The molecule has 1 fully saturated rings. The third-order valence-corrected chi connectivity index (χ3v) is 5.52. The number of carbonyl (C=O) groups excluding carboxylic acids is 1. The summed E-state index contributed by atoms with van der Waals surface area (Å²) < 4.78 is 5.44. The molecule has 0 bridgehead atoms. The number of nitrogens with one attached hydrogen (secondary N) is 1. The summed E-state index contributed by atoms with van der Waals surface area (Å²) in [4.78, 5) is 14.9. The minimum absolute atomic E-state index is 0.00464. The summed E-state index contributed by atoms with van der Waals surface area (Å²) in [6, 6.07) is 22.4. The van der Waals surface area contributed by atoms with Gasteiger partial charge in [0.2, 0.25) is 5.91 Å². The number of rotatable bonds is 5. The zero-order chi connectivity index (χ0) is 19.3. The summed E-state index contributed by atoms with van der Waals surface area (Å²) in [6.07, 6.45) is 2.86. The van der Waals surface area contributed by atoms with Crippen molar-refractivity contribution in [3.05, 3.63) is 72.3 Å². The van der Waals surface area contributed by atoms with E-state index in [9.17, 15) is 4.79 Å². The Balaban J connectivity index is 1.38. The van der Waals surface area contributed by atoms with Gasteiger partial charge in [0, 0.05) is 31.6 Å². The van der Waals surface area contributed by atoms with E-state index in [1.807, 2.05) is 36.4 Å². The van der Waals surface area contributed by atoms with Crippen molar-refractivity contribution >= 4 is 28.1 Å². The number of fused-ring (bicyclic) bond motifs is 1. The van der Waals surface area contributed by atoms with Crippen LogP contribution >= 0.6 is 0 Å². The van der Waals surface area contributed by atoms with Crippen LogP contribution < -0.4 is 10.2 Å². The van der Waals surface area contributed by atoms with Gasteiger partial charge in [-0.3, -0.25) is 4.79 Å². The van der Waals surface area contributed by atoms with Crippen LogP contribution in [0.2, 0.25) is 0 Å². The zero-order valence-electron chi connectivity index (χ0n) is 16.2. The number of hydrogen-bond acceptors (Lipinski definition) is 3. The van der Waals surface area contributed by atoms with Gasteiger partial charge in [-0.15, -0.1) is 0 Å². The highest BCUT2D eigenvalue weighted by molar-refractivity contribution is 5.96. The lowest BCUT2D eigenvalue weighted by Crippen LogP contribution is -2.36. The summed E-state index contributed by atoms with van der Waals surface area (Å²) >= 11 is 0. The molecule has 4 nitrogen and oxygen atoms in total. The van der Waals surface area contributed by atoms with Crippen LogP contribution in [0.3, 0.4) is 0 Å². The van der Waals surface area contributed by atoms with Crippen LogP contribution in [0, 0.1) is 0 Å². The Bertz CT molecular complexity index is 939. The molecule has 3 aromatic rings. The second kappa shape index (κ2) is 8.44. The predicted octanol–water partition coefficient (Wildman–Crippen LogP) is 4.64. The molecule has 28 heavy (non-hydrogen) atoms. The van der Waals surface area contributed by atoms with Crippen molar-refractivity contribution in [1.29, 1.82) is 0 Å². The second-order valence-electron chi connectivity index (χ2n) is 7.33. The van der Waals surface area contributed by atoms with Gasteiger partial charge >= 0.3 is 0 Å². The number of ether oxygens (including phenoxy) is 1. The minimum Gasteiger partial charge on any atom is -0.381 e. The first kappa shape index (κ1) is 18.5. The average Bonchev–Trinajstić information content (AvgIpc) is 2.75. The molecule has 1 saturated heterocycles.